The van der Waals surface area contributed by atoms with Gasteiger partial charge in [0.05, 0.1) is 0 Å². The minimum Gasteiger partial charge on any atom is -0.379 e. The van der Waals surface area contributed by atoms with Gasteiger partial charge >= 0.3 is 0 Å². The molecule has 0 spiro atoms. The lowest BCUT2D eigenvalue weighted by Crippen LogP contribution is -2.08. The Hall–Kier alpha value is 0.600. The second-order valence-corrected chi connectivity index (χ2v) is 3.70. The largest absolute Gasteiger partial charge is 0.379 e. The SMILES string of the molecule is Br.Br.N=C(N)SCCSC(=N)N. The van der Waals surface area contributed by atoms with E-state index in [9.17, 15) is 0 Å². The highest BCUT2D eigenvalue weighted by Crippen LogP contribution is 2.04. The molecule has 0 aromatic rings. The molecule has 0 atom stereocenters. The van der Waals surface area contributed by atoms with Gasteiger partial charge in [-0.15, -0.1) is 34.0 Å². The fourth-order valence-corrected chi connectivity index (χ4v) is 1.41. The summed E-state index contributed by atoms with van der Waals surface area (Å²) >= 11 is 2.52. The van der Waals surface area contributed by atoms with Gasteiger partial charge in [-0.05, 0) is 0 Å². The zero-order valence-corrected chi connectivity index (χ0v) is 11.3. The fourth-order valence-electron chi connectivity index (χ4n) is 0.303. The number of amidine groups is 2. The smallest absolute Gasteiger partial charge is 0.151 e. The van der Waals surface area contributed by atoms with Crippen LogP contribution in [0.15, 0.2) is 0 Å². The average Bonchev–Trinajstić information content (AvgIpc) is 1.79. The summed E-state index contributed by atoms with van der Waals surface area (Å²) in [5, 5.41) is 13.9. The lowest BCUT2D eigenvalue weighted by Gasteiger charge is -1.96. The first-order chi connectivity index (χ1) is 4.63. The Bertz CT molecular complexity index is 127. The van der Waals surface area contributed by atoms with E-state index in [-0.39, 0.29) is 44.3 Å². The topological polar surface area (TPSA) is 99.7 Å². The molecule has 0 amide bonds. The maximum Gasteiger partial charge on any atom is 0.151 e. The molecular weight excluding hydrogens is 328 g/mol. The molecule has 6 N–H and O–H groups in total. The molecule has 4 nitrogen and oxygen atoms in total. The number of hydrogen-bond acceptors (Lipinski definition) is 4. The molecule has 0 heterocycles. The van der Waals surface area contributed by atoms with Gasteiger partial charge in [-0.3, -0.25) is 10.8 Å². The van der Waals surface area contributed by atoms with E-state index in [2.05, 4.69) is 0 Å². The molecule has 0 aromatic carbocycles. The third-order valence-electron chi connectivity index (χ3n) is 0.598. The first kappa shape index (κ1) is 18.4. The quantitative estimate of drug-likeness (QED) is 0.354. The molecule has 0 saturated carbocycles. The number of thioether (sulfide) groups is 2. The maximum atomic E-state index is 6.83. The van der Waals surface area contributed by atoms with Gasteiger partial charge in [0.1, 0.15) is 0 Å². The fraction of sp³-hybridized carbons (Fsp3) is 0.500. The molecule has 8 heteroatoms. The van der Waals surface area contributed by atoms with Gasteiger partial charge in [0.2, 0.25) is 0 Å². The zero-order valence-electron chi connectivity index (χ0n) is 6.20. The Kier molecular flexibility index (Phi) is 17.8. The van der Waals surface area contributed by atoms with E-state index in [4.69, 9.17) is 22.3 Å². The first-order valence-electron chi connectivity index (χ1n) is 2.56. The van der Waals surface area contributed by atoms with Crippen LogP contribution >= 0.6 is 57.5 Å². The molecule has 0 radical (unpaired) electrons. The average molecular weight is 340 g/mol. The normalized spacial score (nSPS) is 7.67. The van der Waals surface area contributed by atoms with Crippen LogP contribution in [0.4, 0.5) is 0 Å². The number of halogens is 2. The summed E-state index contributed by atoms with van der Waals surface area (Å²) in [5.41, 5.74) is 10.1. The Morgan fingerprint density at radius 3 is 1.33 bits per heavy atom. The Balaban J connectivity index is -0.000000405. The van der Waals surface area contributed by atoms with Crippen molar-refractivity contribution in [3.63, 3.8) is 0 Å². The monoisotopic (exact) mass is 338 g/mol. The molecular formula is C4H12Br2N4S2. The van der Waals surface area contributed by atoms with Crippen LogP contribution in [0.2, 0.25) is 0 Å². The highest BCUT2D eigenvalue weighted by Gasteiger charge is 1.92. The molecule has 74 valence electrons. The highest BCUT2D eigenvalue weighted by atomic mass is 79.9. The molecule has 0 fully saturated rings. The van der Waals surface area contributed by atoms with Gasteiger partial charge in [-0.1, -0.05) is 23.5 Å². The Morgan fingerprint density at radius 2 is 1.17 bits per heavy atom. The van der Waals surface area contributed by atoms with Crippen molar-refractivity contribution in [3.8, 4) is 0 Å². The van der Waals surface area contributed by atoms with Crippen molar-refractivity contribution in [2.45, 2.75) is 0 Å². The van der Waals surface area contributed by atoms with Crippen molar-refractivity contribution in [1.82, 2.24) is 0 Å². The molecule has 12 heavy (non-hydrogen) atoms. The Labute approximate surface area is 101 Å². The minimum absolute atomic E-state index is 0. The van der Waals surface area contributed by atoms with Crippen LogP contribution in [0.3, 0.4) is 0 Å². The van der Waals surface area contributed by atoms with Crippen LogP contribution in [0.25, 0.3) is 0 Å². The first-order valence-corrected chi connectivity index (χ1v) is 4.53. The molecule has 0 aliphatic heterocycles. The van der Waals surface area contributed by atoms with Crippen molar-refractivity contribution >= 4 is 67.8 Å². The summed E-state index contributed by atoms with van der Waals surface area (Å²) in [5.74, 6) is 1.47. The van der Waals surface area contributed by atoms with Crippen LogP contribution in [-0.2, 0) is 0 Å². The van der Waals surface area contributed by atoms with Gasteiger partial charge < -0.3 is 11.5 Å². The third kappa shape index (κ3) is 16.9. The zero-order chi connectivity index (χ0) is 7.98. The van der Waals surface area contributed by atoms with Gasteiger partial charge in [-0.2, -0.15) is 0 Å². The van der Waals surface area contributed by atoms with Crippen molar-refractivity contribution in [2.24, 2.45) is 11.5 Å². The summed E-state index contributed by atoms with van der Waals surface area (Å²) in [6.45, 7) is 0. The van der Waals surface area contributed by atoms with Crippen LogP contribution < -0.4 is 11.5 Å². The molecule has 0 saturated heterocycles. The second-order valence-electron chi connectivity index (χ2n) is 1.43. The number of rotatable bonds is 3. The standard InChI is InChI=1S/C4H10N4S2.2BrH/c5-3(6)9-1-2-10-4(7)8;;/h1-2H2,(H3,5,6)(H3,7,8);2*1H. The summed E-state index contributed by atoms with van der Waals surface area (Å²) in [7, 11) is 0. The predicted molar refractivity (Wildman–Crippen MR) is 69.4 cm³/mol. The highest BCUT2D eigenvalue weighted by molar-refractivity contribution is 8.93. The molecule has 0 unspecified atom stereocenters. The third-order valence-corrected chi connectivity index (χ3v) is 2.30. The van der Waals surface area contributed by atoms with E-state index < -0.39 is 0 Å². The summed E-state index contributed by atoms with van der Waals surface area (Å²) < 4.78 is 0. The number of nitrogens with two attached hydrogens (primary N) is 2. The van der Waals surface area contributed by atoms with E-state index in [1.54, 1.807) is 0 Å². The van der Waals surface area contributed by atoms with E-state index in [0.717, 1.165) is 11.5 Å². The number of hydrogen-bond donors (Lipinski definition) is 4. The van der Waals surface area contributed by atoms with Gasteiger partial charge in [0.25, 0.3) is 0 Å². The predicted octanol–water partition coefficient (Wildman–Crippen LogP) is 1.40. The molecule has 0 aromatic heterocycles. The number of nitrogens with one attached hydrogen (secondary N) is 2. The molecule has 0 bridgehead atoms. The molecule has 0 aliphatic carbocycles. The van der Waals surface area contributed by atoms with Crippen LogP contribution in [-0.4, -0.2) is 21.8 Å². The minimum atomic E-state index is 0. The van der Waals surface area contributed by atoms with E-state index in [0.29, 0.717) is 0 Å². The lowest BCUT2D eigenvalue weighted by atomic mass is 11.0. The lowest BCUT2D eigenvalue weighted by molar-refractivity contribution is 1.48. The summed E-state index contributed by atoms with van der Waals surface area (Å²) in [6, 6.07) is 0. The Morgan fingerprint density at radius 1 is 0.917 bits per heavy atom. The maximum absolute atomic E-state index is 6.83. The van der Waals surface area contributed by atoms with E-state index in [1.165, 1.54) is 23.5 Å². The van der Waals surface area contributed by atoms with Gasteiger partial charge in [0, 0.05) is 11.5 Å². The van der Waals surface area contributed by atoms with Crippen LogP contribution in [0.1, 0.15) is 0 Å². The van der Waals surface area contributed by atoms with E-state index >= 15 is 0 Å². The van der Waals surface area contributed by atoms with E-state index in [1.807, 2.05) is 0 Å². The molecule has 0 aliphatic rings. The van der Waals surface area contributed by atoms with Crippen molar-refractivity contribution in [1.29, 1.82) is 10.8 Å². The summed E-state index contributed by atoms with van der Waals surface area (Å²) in [6.07, 6.45) is 0. The van der Waals surface area contributed by atoms with Gasteiger partial charge in [0.15, 0.2) is 10.3 Å². The second kappa shape index (κ2) is 11.6. The van der Waals surface area contributed by atoms with Crippen molar-refractivity contribution in [2.75, 3.05) is 11.5 Å². The van der Waals surface area contributed by atoms with Gasteiger partial charge in [-0.25, -0.2) is 0 Å². The van der Waals surface area contributed by atoms with Crippen molar-refractivity contribution in [3.05, 3.63) is 0 Å². The summed E-state index contributed by atoms with van der Waals surface area (Å²) in [4.78, 5) is 0. The van der Waals surface area contributed by atoms with Crippen molar-refractivity contribution < 1.29 is 0 Å². The molecule has 0 rings (SSSR count). The van der Waals surface area contributed by atoms with Crippen LogP contribution in [0.5, 0.6) is 0 Å². The van der Waals surface area contributed by atoms with Crippen LogP contribution in [0, 0.1) is 10.8 Å².